The van der Waals surface area contributed by atoms with Gasteiger partial charge >= 0.3 is 5.97 Å². The highest BCUT2D eigenvalue weighted by Crippen LogP contribution is 2.28. The van der Waals surface area contributed by atoms with Crippen molar-refractivity contribution < 1.29 is 27.9 Å². The summed E-state index contributed by atoms with van der Waals surface area (Å²) in [6.45, 7) is 5.13. The van der Waals surface area contributed by atoms with E-state index in [4.69, 9.17) is 21.4 Å². The Hall–Kier alpha value is -3.41. The first kappa shape index (κ1) is 27.2. The second-order valence-corrected chi connectivity index (χ2v) is 11.4. The van der Waals surface area contributed by atoms with Crippen LogP contribution in [0.2, 0.25) is 4.34 Å². The van der Waals surface area contributed by atoms with Crippen molar-refractivity contribution in [2.24, 2.45) is 5.10 Å². The highest BCUT2D eigenvalue weighted by molar-refractivity contribution is 7.94. The van der Waals surface area contributed by atoms with Crippen molar-refractivity contribution in [2.75, 3.05) is 4.72 Å². The van der Waals surface area contributed by atoms with Crippen LogP contribution in [0.25, 0.3) is 0 Å². The lowest BCUT2D eigenvalue weighted by atomic mass is 10.1. The molecule has 0 spiro atoms. The summed E-state index contributed by atoms with van der Waals surface area (Å²) in [6, 6.07) is 12.8. The second kappa shape index (κ2) is 11.5. The molecule has 1 aromatic heterocycles. The van der Waals surface area contributed by atoms with E-state index in [0.29, 0.717) is 15.6 Å². The maximum absolute atomic E-state index is 12.9. The monoisotopic (exact) mass is 549 g/mol. The number of hydrogen-bond acceptors (Lipinski definition) is 7. The smallest absolute Gasteiger partial charge is 0.344 e. The average molecular weight is 550 g/mol. The molecule has 9 nitrogen and oxygen atoms in total. The van der Waals surface area contributed by atoms with E-state index in [1.54, 1.807) is 25.1 Å². The van der Waals surface area contributed by atoms with Crippen molar-refractivity contribution in [2.45, 2.75) is 37.5 Å². The number of nitrogens with one attached hydrogen (secondary N) is 2. The van der Waals surface area contributed by atoms with Gasteiger partial charge in [0.25, 0.3) is 15.9 Å². The molecule has 190 valence electrons. The van der Waals surface area contributed by atoms with E-state index < -0.39 is 28.0 Å². The van der Waals surface area contributed by atoms with Gasteiger partial charge in [0.15, 0.2) is 6.10 Å². The molecule has 1 unspecified atom stereocenters. The van der Waals surface area contributed by atoms with Gasteiger partial charge in [-0.1, -0.05) is 36.2 Å². The Morgan fingerprint density at radius 2 is 1.94 bits per heavy atom. The number of carbonyl (C=O) groups excluding carboxylic acids is 1. The van der Waals surface area contributed by atoms with Gasteiger partial charge in [0.05, 0.1) is 21.8 Å². The number of nitrogens with zero attached hydrogens (tertiary/aromatic N) is 1. The van der Waals surface area contributed by atoms with Crippen molar-refractivity contribution in [1.82, 2.24) is 5.43 Å². The van der Waals surface area contributed by atoms with E-state index in [1.165, 1.54) is 37.4 Å². The number of aliphatic carboxylic acids is 1. The lowest BCUT2D eigenvalue weighted by Crippen LogP contribution is -2.23. The predicted octanol–water partition coefficient (Wildman–Crippen LogP) is 4.69. The van der Waals surface area contributed by atoms with Gasteiger partial charge in [-0.05, 0) is 62.2 Å². The number of thiophene rings is 1. The number of ether oxygens (including phenoxy) is 1. The van der Waals surface area contributed by atoms with E-state index in [2.05, 4.69) is 15.2 Å². The molecule has 0 fully saturated rings. The molecule has 0 aliphatic carbocycles. The minimum Gasteiger partial charge on any atom is -0.479 e. The van der Waals surface area contributed by atoms with Gasteiger partial charge in [-0.3, -0.25) is 9.52 Å². The minimum atomic E-state index is -3.96. The summed E-state index contributed by atoms with van der Waals surface area (Å²) in [4.78, 5) is 24.1. The maximum Gasteiger partial charge on any atom is 0.344 e. The molecule has 0 bridgehead atoms. The van der Waals surface area contributed by atoms with Crippen molar-refractivity contribution in [1.29, 1.82) is 0 Å². The molecular formula is C24H24ClN3O6S2. The number of rotatable bonds is 10. The third kappa shape index (κ3) is 6.84. The molecule has 3 N–H and O–H groups in total. The van der Waals surface area contributed by atoms with Crippen LogP contribution in [-0.4, -0.2) is 37.7 Å². The standard InChI is InChI=1S/C24H24ClN3O6S2/c1-4-16-6-8-20(34-15(3)24(30)31)17(12-16)13-26-27-23(29)18-11-14(2)5-7-19(18)28-36(32,33)22-10-9-21(25)35-22/h5-13,15,28H,4H2,1-3H3,(H,27,29)(H,30,31). The van der Waals surface area contributed by atoms with Gasteiger partial charge in [-0.25, -0.2) is 18.6 Å². The number of sulfonamides is 1. The molecule has 0 radical (unpaired) electrons. The zero-order valence-corrected chi connectivity index (χ0v) is 22.0. The number of carboxylic acids is 1. The largest absolute Gasteiger partial charge is 0.479 e. The van der Waals surface area contributed by atoms with Crippen LogP contribution in [-0.2, 0) is 21.2 Å². The quantitative estimate of drug-likeness (QED) is 0.248. The normalized spacial score (nSPS) is 12.3. The number of amides is 1. The van der Waals surface area contributed by atoms with Gasteiger partial charge in [0, 0.05) is 5.56 Å². The van der Waals surface area contributed by atoms with Crippen LogP contribution >= 0.6 is 22.9 Å². The number of benzene rings is 2. The number of halogens is 1. The third-order valence-corrected chi connectivity index (χ3v) is 8.07. The van der Waals surface area contributed by atoms with E-state index in [0.717, 1.165) is 28.9 Å². The van der Waals surface area contributed by atoms with Gasteiger partial charge in [-0.15, -0.1) is 11.3 Å². The molecule has 0 saturated carbocycles. The van der Waals surface area contributed by atoms with Gasteiger partial charge < -0.3 is 9.84 Å². The minimum absolute atomic E-state index is 0.0105. The first-order chi connectivity index (χ1) is 17.0. The number of hydrazone groups is 1. The Morgan fingerprint density at radius 1 is 1.19 bits per heavy atom. The molecular weight excluding hydrogens is 526 g/mol. The van der Waals surface area contributed by atoms with E-state index >= 15 is 0 Å². The Bertz CT molecular complexity index is 1420. The highest BCUT2D eigenvalue weighted by atomic mass is 35.5. The van der Waals surface area contributed by atoms with Crippen molar-refractivity contribution >= 4 is 56.7 Å². The Morgan fingerprint density at radius 3 is 2.58 bits per heavy atom. The topological polar surface area (TPSA) is 134 Å². The molecule has 0 aliphatic rings. The van der Waals surface area contributed by atoms with Crippen LogP contribution in [0.3, 0.4) is 0 Å². The average Bonchev–Trinajstić information content (AvgIpc) is 3.28. The number of carbonyl (C=O) groups is 2. The lowest BCUT2D eigenvalue weighted by molar-refractivity contribution is -0.144. The fraction of sp³-hybridized carbons (Fsp3) is 0.208. The first-order valence-corrected chi connectivity index (χ1v) is 13.4. The molecule has 1 heterocycles. The zero-order valence-electron chi connectivity index (χ0n) is 19.6. The first-order valence-electron chi connectivity index (χ1n) is 10.7. The van der Waals surface area contributed by atoms with E-state index in [-0.39, 0.29) is 15.5 Å². The number of carboxylic acid groups (broad SMARTS) is 1. The summed E-state index contributed by atoms with van der Waals surface area (Å²) in [5.74, 6) is -1.48. The van der Waals surface area contributed by atoms with Crippen LogP contribution in [0.1, 0.15) is 40.9 Å². The molecule has 0 aliphatic heterocycles. The van der Waals surface area contributed by atoms with E-state index in [1.807, 2.05) is 13.0 Å². The van der Waals surface area contributed by atoms with Gasteiger partial charge in [-0.2, -0.15) is 5.10 Å². The second-order valence-electron chi connectivity index (χ2n) is 7.74. The maximum atomic E-state index is 12.9. The number of hydrogen-bond donors (Lipinski definition) is 3. The lowest BCUT2D eigenvalue weighted by Gasteiger charge is -2.14. The van der Waals surface area contributed by atoms with Crippen LogP contribution in [0, 0.1) is 6.92 Å². The van der Waals surface area contributed by atoms with Crippen LogP contribution < -0.4 is 14.9 Å². The molecule has 2 aromatic carbocycles. The molecule has 1 atom stereocenters. The Kier molecular flexibility index (Phi) is 8.72. The van der Waals surface area contributed by atoms with Crippen molar-refractivity contribution in [3.8, 4) is 5.75 Å². The van der Waals surface area contributed by atoms with Crippen LogP contribution in [0.15, 0.2) is 57.8 Å². The zero-order chi connectivity index (χ0) is 26.5. The number of aryl methyl sites for hydroxylation is 2. The molecule has 3 aromatic rings. The van der Waals surface area contributed by atoms with Crippen molar-refractivity contribution in [3.63, 3.8) is 0 Å². The predicted molar refractivity (Wildman–Crippen MR) is 140 cm³/mol. The number of anilines is 1. The summed E-state index contributed by atoms with van der Waals surface area (Å²) in [5.41, 5.74) is 4.70. The molecule has 36 heavy (non-hydrogen) atoms. The van der Waals surface area contributed by atoms with Crippen LogP contribution in [0.5, 0.6) is 5.75 Å². The Balaban J connectivity index is 1.84. The summed E-state index contributed by atoms with van der Waals surface area (Å²) in [7, 11) is -3.96. The summed E-state index contributed by atoms with van der Waals surface area (Å²) in [5, 5.41) is 13.1. The summed E-state index contributed by atoms with van der Waals surface area (Å²) < 4.78 is 33.7. The summed E-state index contributed by atoms with van der Waals surface area (Å²) >= 11 is 6.76. The molecule has 1 amide bonds. The fourth-order valence-corrected chi connectivity index (χ4v) is 5.62. The Labute approximate surface area is 217 Å². The van der Waals surface area contributed by atoms with Gasteiger partial charge in [0.1, 0.15) is 9.96 Å². The van der Waals surface area contributed by atoms with E-state index in [9.17, 15) is 18.0 Å². The van der Waals surface area contributed by atoms with Gasteiger partial charge in [0.2, 0.25) is 0 Å². The SMILES string of the molecule is CCc1ccc(OC(C)C(=O)O)c(C=NNC(=O)c2cc(C)ccc2NS(=O)(=O)c2ccc(Cl)s2)c1. The van der Waals surface area contributed by atoms with Crippen molar-refractivity contribution in [3.05, 3.63) is 75.1 Å². The van der Waals surface area contributed by atoms with Crippen LogP contribution in [0.4, 0.5) is 5.69 Å². The fourth-order valence-electron chi connectivity index (χ4n) is 3.06. The molecule has 0 saturated heterocycles. The summed E-state index contributed by atoms with van der Waals surface area (Å²) in [6.07, 6.45) is 0.985. The highest BCUT2D eigenvalue weighted by Gasteiger charge is 2.21. The third-order valence-electron chi connectivity index (χ3n) is 4.98. The molecule has 3 rings (SSSR count). The molecule has 12 heteroatoms.